The van der Waals surface area contributed by atoms with E-state index in [1.54, 1.807) is 4.90 Å². The van der Waals surface area contributed by atoms with Crippen LogP contribution in [0, 0.1) is 0 Å². The molecule has 0 spiro atoms. The number of carbonyl (C=O) groups excluding carboxylic acids is 1. The zero-order valence-corrected chi connectivity index (χ0v) is 13.6. The van der Waals surface area contributed by atoms with Crippen LogP contribution in [0.25, 0.3) is 0 Å². The van der Waals surface area contributed by atoms with Crippen molar-refractivity contribution in [3.05, 3.63) is 58.6 Å². The lowest BCUT2D eigenvalue weighted by Crippen LogP contribution is -2.33. The van der Waals surface area contributed by atoms with E-state index in [4.69, 9.17) is 5.73 Å². The summed E-state index contributed by atoms with van der Waals surface area (Å²) in [5.74, 6) is 0.0667. The second kappa shape index (κ2) is 7.27. The van der Waals surface area contributed by atoms with E-state index < -0.39 is 0 Å². The van der Waals surface area contributed by atoms with Gasteiger partial charge in [0.25, 0.3) is 0 Å². The highest BCUT2D eigenvalue weighted by Gasteiger charge is 2.17. The Kier molecular flexibility index (Phi) is 5.39. The first kappa shape index (κ1) is 15.6. The second-order valence-corrected chi connectivity index (χ2v) is 5.82. The van der Waals surface area contributed by atoms with Crippen LogP contribution in [0.3, 0.4) is 0 Å². The van der Waals surface area contributed by atoms with Gasteiger partial charge >= 0.3 is 0 Å². The molecule has 2 rings (SSSR count). The van der Waals surface area contributed by atoms with E-state index >= 15 is 0 Å². The van der Waals surface area contributed by atoms with E-state index in [2.05, 4.69) is 22.9 Å². The molecule has 0 bridgehead atoms. The number of rotatable bonds is 5. The molecule has 21 heavy (non-hydrogen) atoms. The molecular formula is C17H19BrN2O. The maximum absolute atomic E-state index is 12.6. The number of benzene rings is 2. The molecule has 0 unspecified atom stereocenters. The number of nitrogen functional groups attached to an aromatic ring is 1. The summed E-state index contributed by atoms with van der Waals surface area (Å²) in [5.41, 5.74) is 8.43. The summed E-state index contributed by atoms with van der Waals surface area (Å²) in [5, 5.41) is 0. The molecule has 0 aliphatic carbocycles. The third-order valence-electron chi connectivity index (χ3n) is 3.24. The summed E-state index contributed by atoms with van der Waals surface area (Å²) >= 11 is 3.40. The number of hydrogen-bond donors (Lipinski definition) is 1. The highest BCUT2D eigenvalue weighted by molar-refractivity contribution is 9.10. The summed E-state index contributed by atoms with van der Waals surface area (Å²) in [6, 6.07) is 15.3. The fourth-order valence-electron chi connectivity index (χ4n) is 2.21. The fraction of sp³-hybridized carbons (Fsp3) is 0.235. The summed E-state index contributed by atoms with van der Waals surface area (Å²) < 4.78 is 1.01. The topological polar surface area (TPSA) is 46.3 Å². The van der Waals surface area contributed by atoms with Gasteiger partial charge in [-0.05, 0) is 36.2 Å². The summed E-state index contributed by atoms with van der Waals surface area (Å²) in [6.45, 7) is 2.72. The lowest BCUT2D eigenvalue weighted by molar-refractivity contribution is -0.118. The molecular weight excluding hydrogens is 328 g/mol. The van der Waals surface area contributed by atoms with Gasteiger partial charge in [0.1, 0.15) is 0 Å². The maximum atomic E-state index is 12.6. The van der Waals surface area contributed by atoms with Gasteiger partial charge in [0.15, 0.2) is 0 Å². The zero-order valence-electron chi connectivity index (χ0n) is 12.1. The molecule has 0 aliphatic rings. The molecule has 0 fully saturated rings. The van der Waals surface area contributed by atoms with Crippen molar-refractivity contribution in [1.29, 1.82) is 0 Å². The van der Waals surface area contributed by atoms with Crippen LogP contribution in [0.2, 0.25) is 0 Å². The summed E-state index contributed by atoms with van der Waals surface area (Å²) in [7, 11) is 0. The van der Waals surface area contributed by atoms with Crippen molar-refractivity contribution in [2.45, 2.75) is 19.8 Å². The Hall–Kier alpha value is -1.81. The Morgan fingerprint density at radius 1 is 1.14 bits per heavy atom. The maximum Gasteiger partial charge on any atom is 0.231 e. The minimum absolute atomic E-state index is 0.0667. The van der Waals surface area contributed by atoms with Crippen LogP contribution < -0.4 is 10.6 Å². The number of halogens is 1. The standard InChI is InChI=1S/C17H19BrN2O/c1-2-11-20(16-6-4-3-5-15(16)19)17(21)12-13-7-9-14(18)10-8-13/h3-10H,2,11-12,19H2,1H3. The molecule has 4 heteroatoms. The zero-order chi connectivity index (χ0) is 15.2. The Morgan fingerprint density at radius 2 is 1.81 bits per heavy atom. The number of carbonyl (C=O) groups is 1. The number of anilines is 2. The Labute approximate surface area is 133 Å². The van der Waals surface area contributed by atoms with Crippen molar-refractivity contribution in [3.8, 4) is 0 Å². The molecule has 0 saturated heterocycles. The first-order chi connectivity index (χ1) is 10.1. The van der Waals surface area contributed by atoms with Crippen LogP contribution in [-0.4, -0.2) is 12.5 Å². The molecule has 0 atom stereocenters. The number of nitrogens with two attached hydrogens (primary N) is 1. The van der Waals surface area contributed by atoms with Gasteiger partial charge in [-0.2, -0.15) is 0 Å². The van der Waals surface area contributed by atoms with Gasteiger partial charge in [-0.1, -0.05) is 47.1 Å². The highest BCUT2D eigenvalue weighted by atomic mass is 79.9. The molecule has 0 aromatic heterocycles. The molecule has 1 amide bonds. The van der Waals surface area contributed by atoms with Crippen LogP contribution >= 0.6 is 15.9 Å². The predicted octanol–water partition coefficient (Wildman–Crippen LogP) is 4.02. The van der Waals surface area contributed by atoms with Crippen molar-refractivity contribution in [3.63, 3.8) is 0 Å². The summed E-state index contributed by atoms with van der Waals surface area (Å²) in [4.78, 5) is 14.4. The molecule has 110 valence electrons. The average Bonchev–Trinajstić information content (AvgIpc) is 2.48. The quantitative estimate of drug-likeness (QED) is 0.831. The van der Waals surface area contributed by atoms with E-state index in [0.29, 0.717) is 18.7 Å². The van der Waals surface area contributed by atoms with Gasteiger partial charge in [-0.3, -0.25) is 4.79 Å². The highest BCUT2D eigenvalue weighted by Crippen LogP contribution is 2.23. The van der Waals surface area contributed by atoms with E-state index in [0.717, 1.165) is 22.1 Å². The molecule has 0 radical (unpaired) electrons. The molecule has 0 saturated carbocycles. The Morgan fingerprint density at radius 3 is 2.43 bits per heavy atom. The first-order valence-corrected chi connectivity index (χ1v) is 7.80. The van der Waals surface area contributed by atoms with Crippen LogP contribution in [-0.2, 0) is 11.2 Å². The summed E-state index contributed by atoms with van der Waals surface area (Å²) in [6.07, 6.45) is 1.27. The third kappa shape index (κ3) is 4.08. The van der Waals surface area contributed by atoms with Crippen LogP contribution in [0.5, 0.6) is 0 Å². The number of para-hydroxylation sites is 2. The lowest BCUT2D eigenvalue weighted by atomic mass is 10.1. The van der Waals surface area contributed by atoms with Crippen molar-refractivity contribution in [2.75, 3.05) is 17.2 Å². The number of nitrogens with zero attached hydrogens (tertiary/aromatic N) is 1. The molecule has 0 heterocycles. The van der Waals surface area contributed by atoms with Gasteiger partial charge in [0, 0.05) is 11.0 Å². The number of amides is 1. The normalized spacial score (nSPS) is 10.4. The van der Waals surface area contributed by atoms with Gasteiger partial charge in [0.05, 0.1) is 17.8 Å². The minimum atomic E-state index is 0.0667. The fourth-order valence-corrected chi connectivity index (χ4v) is 2.47. The Balaban J connectivity index is 2.20. The minimum Gasteiger partial charge on any atom is -0.397 e. The van der Waals surface area contributed by atoms with Gasteiger partial charge in [-0.15, -0.1) is 0 Å². The lowest BCUT2D eigenvalue weighted by Gasteiger charge is -2.24. The smallest absolute Gasteiger partial charge is 0.231 e. The largest absolute Gasteiger partial charge is 0.397 e. The first-order valence-electron chi connectivity index (χ1n) is 7.01. The van der Waals surface area contributed by atoms with Crippen molar-refractivity contribution in [2.24, 2.45) is 0 Å². The van der Waals surface area contributed by atoms with E-state index in [9.17, 15) is 4.79 Å². The molecule has 0 aliphatic heterocycles. The molecule has 3 nitrogen and oxygen atoms in total. The van der Waals surface area contributed by atoms with Crippen molar-refractivity contribution in [1.82, 2.24) is 0 Å². The van der Waals surface area contributed by atoms with E-state index in [-0.39, 0.29) is 5.91 Å². The van der Waals surface area contributed by atoms with E-state index in [1.165, 1.54) is 0 Å². The number of hydrogen-bond acceptors (Lipinski definition) is 2. The molecule has 2 aromatic rings. The van der Waals surface area contributed by atoms with E-state index in [1.807, 2.05) is 48.5 Å². The second-order valence-electron chi connectivity index (χ2n) is 4.91. The van der Waals surface area contributed by atoms with Crippen molar-refractivity contribution < 1.29 is 4.79 Å². The molecule has 2 N–H and O–H groups in total. The average molecular weight is 347 g/mol. The third-order valence-corrected chi connectivity index (χ3v) is 3.77. The van der Waals surface area contributed by atoms with Crippen LogP contribution in [0.4, 0.5) is 11.4 Å². The predicted molar refractivity (Wildman–Crippen MR) is 91.3 cm³/mol. The Bertz CT molecular complexity index is 610. The van der Waals surface area contributed by atoms with Gasteiger partial charge in [0.2, 0.25) is 5.91 Å². The van der Waals surface area contributed by atoms with Crippen LogP contribution in [0.1, 0.15) is 18.9 Å². The van der Waals surface area contributed by atoms with Crippen LogP contribution in [0.15, 0.2) is 53.0 Å². The van der Waals surface area contributed by atoms with Gasteiger partial charge < -0.3 is 10.6 Å². The monoisotopic (exact) mass is 346 g/mol. The molecule has 2 aromatic carbocycles. The van der Waals surface area contributed by atoms with Crippen molar-refractivity contribution >= 4 is 33.2 Å². The van der Waals surface area contributed by atoms with Gasteiger partial charge in [-0.25, -0.2) is 0 Å². The SMILES string of the molecule is CCCN(C(=O)Cc1ccc(Br)cc1)c1ccccc1N.